The van der Waals surface area contributed by atoms with E-state index in [9.17, 15) is 4.79 Å². The number of aromatic nitrogens is 3. The summed E-state index contributed by atoms with van der Waals surface area (Å²) in [4.78, 5) is 20.8. The molecule has 2 N–H and O–H groups in total. The average Bonchev–Trinajstić information content (AvgIpc) is 3.26. The molecule has 10 nitrogen and oxygen atoms in total. The van der Waals surface area contributed by atoms with E-state index < -0.39 is 0 Å². The van der Waals surface area contributed by atoms with E-state index in [-0.39, 0.29) is 29.8 Å². The summed E-state index contributed by atoms with van der Waals surface area (Å²) in [5.74, 6) is 1.45. The molecule has 5 atom stereocenters. The van der Waals surface area contributed by atoms with Crippen molar-refractivity contribution in [2.75, 3.05) is 37.7 Å². The Morgan fingerprint density at radius 2 is 1.97 bits per heavy atom. The number of pyridine rings is 1. The van der Waals surface area contributed by atoms with Gasteiger partial charge in [0.2, 0.25) is 0 Å². The third kappa shape index (κ3) is 4.63. The molecule has 1 amide bonds. The Morgan fingerprint density at radius 3 is 2.68 bits per heavy atom. The number of nitrogens with one attached hydrogen (secondary N) is 2. The van der Waals surface area contributed by atoms with E-state index >= 15 is 0 Å². The minimum absolute atomic E-state index is 0.00590. The summed E-state index contributed by atoms with van der Waals surface area (Å²) in [5, 5.41) is 8.31. The van der Waals surface area contributed by atoms with E-state index in [1.54, 1.807) is 4.90 Å². The van der Waals surface area contributed by atoms with Crippen molar-refractivity contribution in [2.24, 2.45) is 11.3 Å². The Kier molecular flexibility index (Phi) is 6.74. The molecule has 6 rings (SSSR count). The van der Waals surface area contributed by atoms with Crippen LogP contribution in [0.3, 0.4) is 0 Å². The zero-order chi connectivity index (χ0) is 26.4. The van der Waals surface area contributed by atoms with Crippen LogP contribution in [-0.2, 0) is 9.47 Å². The van der Waals surface area contributed by atoms with Crippen molar-refractivity contribution in [1.82, 2.24) is 30.9 Å². The lowest BCUT2D eigenvalue weighted by Gasteiger charge is -2.59. The van der Waals surface area contributed by atoms with Gasteiger partial charge in [0.15, 0.2) is 0 Å². The summed E-state index contributed by atoms with van der Waals surface area (Å²) in [7, 11) is 0. The van der Waals surface area contributed by atoms with E-state index in [0.29, 0.717) is 18.6 Å². The van der Waals surface area contributed by atoms with E-state index in [1.807, 2.05) is 26.2 Å². The molecule has 204 valence electrons. The highest BCUT2D eigenvalue weighted by Crippen LogP contribution is 2.43. The molecule has 5 heterocycles. The number of likely N-dealkylation sites (tertiary alicyclic amines) is 1. The number of anilines is 1. The first-order valence-electron chi connectivity index (χ1n) is 13.9. The Morgan fingerprint density at radius 1 is 1.16 bits per heavy atom. The molecule has 0 aromatic carbocycles. The molecule has 10 heteroatoms. The van der Waals surface area contributed by atoms with Gasteiger partial charge in [-0.1, -0.05) is 6.07 Å². The maximum atomic E-state index is 11.9. The second-order valence-corrected chi connectivity index (χ2v) is 11.6. The lowest BCUT2D eigenvalue weighted by atomic mass is 9.73. The zero-order valence-corrected chi connectivity index (χ0v) is 22.8. The lowest BCUT2D eigenvalue weighted by Crippen LogP contribution is -2.73. The van der Waals surface area contributed by atoms with Gasteiger partial charge in [0.1, 0.15) is 5.82 Å². The third-order valence-corrected chi connectivity index (χ3v) is 8.87. The van der Waals surface area contributed by atoms with Gasteiger partial charge in [-0.05, 0) is 70.1 Å². The molecular formula is C28H39N7O3. The number of hydrogen-bond acceptors (Lipinski definition) is 9. The predicted octanol–water partition coefficient (Wildman–Crippen LogP) is 3.23. The van der Waals surface area contributed by atoms with Gasteiger partial charge in [0.05, 0.1) is 36.7 Å². The minimum Gasteiger partial charge on any atom is -0.450 e. The van der Waals surface area contributed by atoms with E-state index in [1.165, 1.54) is 5.56 Å². The predicted molar refractivity (Wildman–Crippen MR) is 142 cm³/mol. The summed E-state index contributed by atoms with van der Waals surface area (Å²) >= 11 is 0. The molecule has 2 aromatic heterocycles. The fourth-order valence-corrected chi connectivity index (χ4v) is 7.05. The molecule has 4 fully saturated rings. The van der Waals surface area contributed by atoms with E-state index in [4.69, 9.17) is 14.5 Å². The summed E-state index contributed by atoms with van der Waals surface area (Å²) in [6, 6.07) is 5.00. The van der Waals surface area contributed by atoms with Crippen LogP contribution in [0.1, 0.15) is 67.6 Å². The fourth-order valence-electron chi connectivity index (χ4n) is 7.05. The van der Waals surface area contributed by atoms with Crippen LogP contribution < -0.4 is 15.8 Å². The standard InChI is InChI=1S/C28H39N7O3/c1-5-37-27(36)35-15-28(16-35)13-34(14-28)24-9-6-20(12-29-24)26-22-10-21(7-8-23(22)32-33-26)38-19(4)25-17(2)11-30-31-18(25)3/h6,9,11-12,19,21-23,26,32-33H,5,7-8,10,13-16H2,1-4H3/t19-,21?,22?,23?,26?/m0/s1. The third-order valence-electron chi connectivity index (χ3n) is 8.87. The van der Waals surface area contributed by atoms with Gasteiger partial charge in [-0.3, -0.25) is 5.43 Å². The number of hydrogen-bond donors (Lipinski definition) is 2. The molecule has 1 spiro atoms. The van der Waals surface area contributed by atoms with Crippen LogP contribution in [0.2, 0.25) is 0 Å². The molecular weight excluding hydrogens is 482 g/mol. The smallest absolute Gasteiger partial charge is 0.409 e. The number of carbonyl (C=O) groups is 1. The van der Waals surface area contributed by atoms with Gasteiger partial charge in [-0.25, -0.2) is 15.2 Å². The van der Waals surface area contributed by atoms with E-state index in [0.717, 1.165) is 68.1 Å². The van der Waals surface area contributed by atoms with E-state index in [2.05, 4.69) is 51.9 Å². The Balaban J connectivity index is 1.05. The molecule has 4 unspecified atom stereocenters. The first-order valence-corrected chi connectivity index (χ1v) is 13.9. The topological polar surface area (TPSA) is 105 Å². The van der Waals surface area contributed by atoms with Gasteiger partial charge >= 0.3 is 6.09 Å². The van der Waals surface area contributed by atoms with Crippen molar-refractivity contribution in [1.29, 1.82) is 0 Å². The molecule has 3 aliphatic heterocycles. The van der Waals surface area contributed by atoms with Crippen LogP contribution in [0.25, 0.3) is 0 Å². The van der Waals surface area contributed by atoms with Crippen molar-refractivity contribution >= 4 is 11.9 Å². The number of ether oxygens (including phenoxy) is 2. The second kappa shape index (κ2) is 10.1. The highest BCUT2D eigenvalue weighted by Gasteiger charge is 2.54. The van der Waals surface area contributed by atoms with Crippen molar-refractivity contribution < 1.29 is 14.3 Å². The fraction of sp³-hybridized carbons (Fsp3) is 0.643. The monoisotopic (exact) mass is 521 g/mol. The SMILES string of the molecule is CCOC(=O)N1CC2(C1)CN(c1ccc(C3NNC4CCC(O[C@@H](C)c5c(C)cnnc5C)CC43)cn1)C2. The van der Waals surface area contributed by atoms with Crippen molar-refractivity contribution in [3.63, 3.8) is 0 Å². The summed E-state index contributed by atoms with van der Waals surface area (Å²) in [6.07, 6.45) is 6.99. The number of hydrazine groups is 1. The quantitative estimate of drug-likeness (QED) is 0.593. The largest absolute Gasteiger partial charge is 0.450 e. The summed E-state index contributed by atoms with van der Waals surface area (Å²) in [6.45, 7) is 11.9. The van der Waals surface area contributed by atoms with Crippen molar-refractivity contribution in [2.45, 2.75) is 71.2 Å². The highest BCUT2D eigenvalue weighted by atomic mass is 16.6. The normalized spacial score (nSPS) is 28.4. The summed E-state index contributed by atoms with van der Waals surface area (Å²) in [5.41, 5.74) is 11.7. The Labute approximate surface area is 224 Å². The number of carbonyl (C=O) groups excluding carboxylic acids is 1. The van der Waals surface area contributed by atoms with Gasteiger partial charge in [-0.15, -0.1) is 0 Å². The minimum atomic E-state index is -0.195. The number of nitrogens with zero attached hydrogens (tertiary/aromatic N) is 5. The lowest BCUT2D eigenvalue weighted by molar-refractivity contribution is -0.0377. The van der Waals surface area contributed by atoms with Gasteiger partial charge in [-0.2, -0.15) is 10.2 Å². The molecule has 2 aromatic rings. The number of rotatable bonds is 6. The number of aryl methyl sites for hydroxylation is 2. The van der Waals surface area contributed by atoms with Gasteiger partial charge in [0, 0.05) is 49.4 Å². The Bertz CT molecular complexity index is 1140. The second-order valence-electron chi connectivity index (χ2n) is 11.6. The van der Waals surface area contributed by atoms with Crippen LogP contribution >= 0.6 is 0 Å². The molecule has 4 aliphatic rings. The van der Waals surface area contributed by atoms with Gasteiger partial charge < -0.3 is 19.3 Å². The van der Waals surface area contributed by atoms with Crippen LogP contribution in [0.4, 0.5) is 10.6 Å². The maximum absolute atomic E-state index is 11.9. The molecule has 3 saturated heterocycles. The first-order chi connectivity index (χ1) is 18.4. The van der Waals surface area contributed by atoms with Crippen LogP contribution in [0.15, 0.2) is 24.5 Å². The van der Waals surface area contributed by atoms with Crippen molar-refractivity contribution in [3.8, 4) is 0 Å². The Hall–Kier alpha value is -2.82. The van der Waals surface area contributed by atoms with Crippen molar-refractivity contribution in [3.05, 3.63) is 46.9 Å². The van der Waals surface area contributed by atoms with Gasteiger partial charge in [0.25, 0.3) is 0 Å². The molecule has 0 radical (unpaired) electrons. The number of fused-ring (bicyclic) bond motifs is 1. The molecule has 1 saturated carbocycles. The van der Waals surface area contributed by atoms with Crippen LogP contribution in [0.5, 0.6) is 0 Å². The number of amides is 1. The molecule has 1 aliphatic carbocycles. The molecule has 38 heavy (non-hydrogen) atoms. The first kappa shape index (κ1) is 25.5. The van der Waals surface area contributed by atoms with Crippen LogP contribution in [-0.4, -0.2) is 71.1 Å². The average molecular weight is 522 g/mol. The maximum Gasteiger partial charge on any atom is 0.409 e. The molecule has 0 bridgehead atoms. The highest BCUT2D eigenvalue weighted by molar-refractivity contribution is 5.69. The zero-order valence-electron chi connectivity index (χ0n) is 22.8. The summed E-state index contributed by atoms with van der Waals surface area (Å²) < 4.78 is 11.7. The van der Waals surface area contributed by atoms with Crippen LogP contribution in [0, 0.1) is 25.2 Å².